The van der Waals surface area contributed by atoms with Crippen LogP contribution in [0, 0.1) is 11.3 Å². The number of nitrogens with one attached hydrogen (secondary N) is 2. The van der Waals surface area contributed by atoms with Crippen LogP contribution in [0.1, 0.15) is 37.7 Å². The summed E-state index contributed by atoms with van der Waals surface area (Å²) in [6, 6.07) is 10.3. The molecule has 0 saturated carbocycles. The number of nitrogens with zero attached hydrogens (tertiary/aromatic N) is 1. The molecular formula is C20H27N3O6. The van der Waals surface area contributed by atoms with Gasteiger partial charge in [-0.1, -0.05) is 30.3 Å². The smallest absolute Gasteiger partial charge is 0.407 e. The average Bonchev–Trinajstić information content (AvgIpc) is 2.73. The van der Waals surface area contributed by atoms with Gasteiger partial charge in [0, 0.05) is 13.0 Å². The third-order valence-corrected chi connectivity index (χ3v) is 3.97. The molecule has 9 heteroatoms. The number of carbonyl (C=O) groups excluding carboxylic acids is 3. The number of amides is 2. The highest BCUT2D eigenvalue weighted by atomic mass is 16.5. The zero-order chi connectivity index (χ0) is 21.5. The number of hydrogen-bond donors (Lipinski definition) is 3. The minimum atomic E-state index is -1.14. The number of unbranched alkanes of at least 4 members (excludes halogenated alkanes) is 2. The summed E-state index contributed by atoms with van der Waals surface area (Å²) < 4.78 is 9.68. The van der Waals surface area contributed by atoms with Crippen molar-refractivity contribution >= 4 is 18.0 Å². The molecule has 0 aromatic heterocycles. The lowest BCUT2D eigenvalue weighted by atomic mass is 10.1. The number of aliphatic hydroxyl groups is 1. The normalized spacial score (nSPS) is 12.2. The Morgan fingerprint density at radius 2 is 1.93 bits per heavy atom. The van der Waals surface area contributed by atoms with Gasteiger partial charge in [-0.05, 0) is 24.8 Å². The number of rotatable bonds is 12. The monoisotopic (exact) mass is 405 g/mol. The van der Waals surface area contributed by atoms with Crippen LogP contribution in [-0.2, 0) is 25.7 Å². The van der Waals surface area contributed by atoms with Crippen molar-refractivity contribution in [3.63, 3.8) is 0 Å². The van der Waals surface area contributed by atoms with E-state index in [1.54, 1.807) is 0 Å². The second kappa shape index (κ2) is 14.0. The minimum absolute atomic E-state index is 0.0931. The van der Waals surface area contributed by atoms with E-state index in [4.69, 9.17) is 10.00 Å². The van der Waals surface area contributed by atoms with Gasteiger partial charge in [0.2, 0.25) is 5.91 Å². The zero-order valence-electron chi connectivity index (χ0n) is 16.4. The van der Waals surface area contributed by atoms with Gasteiger partial charge in [-0.15, -0.1) is 0 Å². The third kappa shape index (κ3) is 10.7. The molecule has 0 heterocycles. The minimum Gasteiger partial charge on any atom is -0.467 e. The highest BCUT2D eigenvalue weighted by Gasteiger charge is 2.22. The van der Waals surface area contributed by atoms with Gasteiger partial charge in [0.05, 0.1) is 25.7 Å². The second-order valence-corrected chi connectivity index (χ2v) is 6.35. The third-order valence-electron chi connectivity index (χ3n) is 3.97. The van der Waals surface area contributed by atoms with Crippen molar-refractivity contribution in [3.05, 3.63) is 35.9 Å². The summed E-state index contributed by atoms with van der Waals surface area (Å²) in [7, 11) is 1.22. The maximum absolute atomic E-state index is 12.1. The predicted octanol–water partition coefficient (Wildman–Crippen LogP) is 1.41. The van der Waals surface area contributed by atoms with E-state index in [2.05, 4.69) is 15.4 Å². The fraction of sp³-hybridized carbons (Fsp3) is 0.500. The Labute approximate surface area is 170 Å². The first-order chi connectivity index (χ1) is 14.0. The van der Waals surface area contributed by atoms with E-state index in [0.717, 1.165) is 5.56 Å². The van der Waals surface area contributed by atoms with E-state index >= 15 is 0 Å². The van der Waals surface area contributed by atoms with Gasteiger partial charge in [-0.2, -0.15) is 5.26 Å². The van der Waals surface area contributed by atoms with Crippen LogP contribution in [0.25, 0.3) is 0 Å². The van der Waals surface area contributed by atoms with Crippen LogP contribution in [0.2, 0.25) is 0 Å². The molecule has 0 spiro atoms. The molecule has 0 radical (unpaired) electrons. The maximum Gasteiger partial charge on any atom is 0.407 e. The molecular weight excluding hydrogens is 378 g/mol. The summed E-state index contributed by atoms with van der Waals surface area (Å²) in [5, 5.41) is 23.3. The molecule has 1 aromatic carbocycles. The van der Waals surface area contributed by atoms with Crippen LogP contribution < -0.4 is 10.6 Å². The van der Waals surface area contributed by atoms with Crippen molar-refractivity contribution in [1.82, 2.24) is 10.6 Å². The number of nitriles is 1. The van der Waals surface area contributed by atoms with E-state index in [1.165, 1.54) is 7.11 Å². The van der Waals surface area contributed by atoms with Gasteiger partial charge in [0.15, 0.2) is 0 Å². The van der Waals surface area contributed by atoms with Gasteiger partial charge < -0.3 is 25.2 Å². The number of benzene rings is 1. The number of ether oxygens (including phenoxy) is 2. The first kappa shape index (κ1) is 23.9. The molecule has 29 heavy (non-hydrogen) atoms. The maximum atomic E-state index is 12.1. The van der Waals surface area contributed by atoms with Crippen molar-refractivity contribution in [2.24, 2.45) is 0 Å². The molecule has 0 aliphatic heterocycles. The Morgan fingerprint density at radius 1 is 1.21 bits per heavy atom. The number of aliphatic hydroxyl groups excluding tert-OH is 1. The molecule has 1 aromatic rings. The number of alkyl carbamates (subject to hydrolysis) is 1. The van der Waals surface area contributed by atoms with E-state index in [-0.39, 0.29) is 19.6 Å². The summed E-state index contributed by atoms with van der Waals surface area (Å²) >= 11 is 0. The highest BCUT2D eigenvalue weighted by Crippen LogP contribution is 2.06. The molecule has 3 N–H and O–H groups in total. The van der Waals surface area contributed by atoms with Crippen LogP contribution in [0.4, 0.5) is 4.79 Å². The topological polar surface area (TPSA) is 138 Å². The van der Waals surface area contributed by atoms with E-state index in [0.29, 0.717) is 25.7 Å². The summed E-state index contributed by atoms with van der Waals surface area (Å²) in [4.78, 5) is 35.5. The number of carbonyl (C=O) groups is 3. The van der Waals surface area contributed by atoms with Crippen LogP contribution in [-0.4, -0.2) is 48.9 Å². The standard InChI is InChI=1S/C20H27N3O6/c1-28-19(26)17(10-6-3-7-11-21)23-18(25)12-16(24)13-22-20(27)29-14-15-8-4-2-5-9-15/h2,4-5,8-9,16-17,24H,3,6-7,10,12-14H2,1H3,(H,22,27)(H,23,25)/t16-,17+/m0/s1. The Balaban J connectivity index is 2.32. The quantitative estimate of drug-likeness (QED) is 0.353. The van der Waals surface area contributed by atoms with Crippen LogP contribution in [0.5, 0.6) is 0 Å². The molecule has 9 nitrogen and oxygen atoms in total. The largest absolute Gasteiger partial charge is 0.467 e. The molecule has 0 unspecified atom stereocenters. The molecule has 0 bridgehead atoms. The van der Waals surface area contributed by atoms with Crippen molar-refractivity contribution in [2.45, 2.75) is 50.9 Å². The Bertz CT molecular complexity index is 689. The first-order valence-corrected chi connectivity index (χ1v) is 9.33. The Kier molecular flexibility index (Phi) is 11.5. The van der Waals surface area contributed by atoms with Crippen LogP contribution in [0.15, 0.2) is 30.3 Å². The summed E-state index contributed by atoms with van der Waals surface area (Å²) in [5.41, 5.74) is 0.825. The molecule has 0 aliphatic carbocycles. The van der Waals surface area contributed by atoms with Gasteiger partial charge in [-0.3, -0.25) is 4.79 Å². The van der Waals surface area contributed by atoms with Crippen LogP contribution >= 0.6 is 0 Å². The average molecular weight is 405 g/mol. The van der Waals surface area contributed by atoms with Gasteiger partial charge in [0.25, 0.3) is 0 Å². The highest BCUT2D eigenvalue weighted by molar-refractivity contribution is 5.84. The summed E-state index contributed by atoms with van der Waals surface area (Å²) in [6.45, 7) is -0.0814. The molecule has 2 amide bonds. The Morgan fingerprint density at radius 3 is 2.59 bits per heavy atom. The lowest BCUT2D eigenvalue weighted by Crippen LogP contribution is -2.43. The molecule has 0 aliphatic rings. The molecule has 2 atom stereocenters. The lowest BCUT2D eigenvalue weighted by molar-refractivity contribution is -0.145. The summed E-state index contributed by atoms with van der Waals surface area (Å²) in [6.07, 6.45) is -0.269. The Hall–Kier alpha value is -3.12. The second-order valence-electron chi connectivity index (χ2n) is 6.35. The molecule has 0 fully saturated rings. The SMILES string of the molecule is COC(=O)[C@@H](CCCCC#N)NC(=O)C[C@H](O)CNC(=O)OCc1ccccc1. The van der Waals surface area contributed by atoms with Crippen LogP contribution in [0.3, 0.4) is 0 Å². The molecule has 158 valence electrons. The summed E-state index contributed by atoms with van der Waals surface area (Å²) in [5.74, 6) is -1.14. The fourth-order valence-corrected chi connectivity index (χ4v) is 2.46. The van der Waals surface area contributed by atoms with Crippen molar-refractivity contribution < 1.29 is 29.0 Å². The fourth-order valence-electron chi connectivity index (χ4n) is 2.46. The van der Waals surface area contributed by atoms with E-state index in [1.807, 2.05) is 36.4 Å². The zero-order valence-corrected chi connectivity index (χ0v) is 16.4. The van der Waals surface area contributed by atoms with Crippen molar-refractivity contribution in [3.8, 4) is 6.07 Å². The van der Waals surface area contributed by atoms with Gasteiger partial charge in [-0.25, -0.2) is 9.59 Å². The predicted molar refractivity (Wildman–Crippen MR) is 103 cm³/mol. The number of hydrogen-bond acceptors (Lipinski definition) is 7. The number of methoxy groups -OCH3 is 1. The van der Waals surface area contributed by atoms with Crippen molar-refractivity contribution in [2.75, 3.05) is 13.7 Å². The first-order valence-electron chi connectivity index (χ1n) is 9.33. The van der Waals surface area contributed by atoms with Gasteiger partial charge in [0.1, 0.15) is 12.6 Å². The molecule has 0 saturated heterocycles. The number of esters is 1. The van der Waals surface area contributed by atoms with Gasteiger partial charge >= 0.3 is 12.1 Å². The van der Waals surface area contributed by atoms with E-state index < -0.39 is 30.1 Å². The van der Waals surface area contributed by atoms with Crippen molar-refractivity contribution in [1.29, 1.82) is 5.26 Å². The van der Waals surface area contributed by atoms with E-state index in [9.17, 15) is 19.5 Å². The lowest BCUT2D eigenvalue weighted by Gasteiger charge is -2.18. The molecule has 1 rings (SSSR count).